The van der Waals surface area contributed by atoms with E-state index in [0.29, 0.717) is 16.3 Å². The van der Waals surface area contributed by atoms with Crippen molar-refractivity contribution in [2.75, 3.05) is 10.5 Å². The molecular weight excluding hydrogens is 338 g/mol. The van der Waals surface area contributed by atoms with Gasteiger partial charge in [0.15, 0.2) is 0 Å². The van der Waals surface area contributed by atoms with Crippen LogP contribution in [0, 0.1) is 12.7 Å². The summed E-state index contributed by atoms with van der Waals surface area (Å²) < 4.78 is 40.3. The van der Waals surface area contributed by atoms with Gasteiger partial charge >= 0.3 is 0 Å². The first-order valence-corrected chi connectivity index (χ1v) is 7.98. The summed E-state index contributed by atoms with van der Waals surface area (Å²) in [5.41, 5.74) is 6.07. The van der Waals surface area contributed by atoms with E-state index in [1.54, 1.807) is 19.1 Å². The predicted octanol–water partition coefficient (Wildman–Crippen LogP) is 3.82. The van der Waals surface area contributed by atoms with Gasteiger partial charge in [-0.25, -0.2) is 12.8 Å². The van der Waals surface area contributed by atoms with Gasteiger partial charge < -0.3 is 5.73 Å². The van der Waals surface area contributed by atoms with Crippen LogP contribution in [-0.4, -0.2) is 8.42 Å². The zero-order valence-electron chi connectivity index (χ0n) is 10.8. The quantitative estimate of drug-likeness (QED) is 0.828. The number of halogens is 3. The summed E-state index contributed by atoms with van der Waals surface area (Å²) in [7, 11) is -4.01. The Labute approximate surface area is 131 Å². The van der Waals surface area contributed by atoms with Gasteiger partial charge in [0.05, 0.1) is 16.4 Å². The van der Waals surface area contributed by atoms with Crippen LogP contribution in [0.1, 0.15) is 5.56 Å². The molecule has 0 saturated heterocycles. The Hall–Kier alpha value is -1.50. The topological polar surface area (TPSA) is 72.2 Å². The summed E-state index contributed by atoms with van der Waals surface area (Å²) in [6, 6.07) is 6.60. The monoisotopic (exact) mass is 348 g/mol. The lowest BCUT2D eigenvalue weighted by Gasteiger charge is -2.12. The van der Waals surface area contributed by atoms with Gasteiger partial charge in [-0.05, 0) is 36.8 Å². The lowest BCUT2D eigenvalue weighted by atomic mass is 10.2. The number of benzene rings is 2. The summed E-state index contributed by atoms with van der Waals surface area (Å²) in [4.78, 5) is -0.303. The van der Waals surface area contributed by atoms with Gasteiger partial charge in [-0.15, -0.1) is 0 Å². The summed E-state index contributed by atoms with van der Waals surface area (Å²) in [5, 5.41) is 0.122. The molecule has 0 amide bonds. The lowest BCUT2D eigenvalue weighted by Crippen LogP contribution is -2.15. The lowest BCUT2D eigenvalue weighted by molar-refractivity contribution is 0.600. The molecule has 0 saturated carbocycles. The molecule has 4 nitrogen and oxygen atoms in total. The van der Waals surface area contributed by atoms with Crippen LogP contribution in [0.3, 0.4) is 0 Å². The summed E-state index contributed by atoms with van der Waals surface area (Å²) in [5.74, 6) is -0.780. The Morgan fingerprint density at radius 3 is 2.52 bits per heavy atom. The normalized spacial score (nSPS) is 11.4. The molecule has 0 fully saturated rings. The third-order valence-electron chi connectivity index (χ3n) is 2.78. The highest BCUT2D eigenvalue weighted by Crippen LogP contribution is 2.29. The maximum absolute atomic E-state index is 13.2. The average Bonchev–Trinajstić information content (AvgIpc) is 2.37. The van der Waals surface area contributed by atoms with Crippen molar-refractivity contribution < 1.29 is 12.8 Å². The Morgan fingerprint density at radius 2 is 1.86 bits per heavy atom. The fourth-order valence-electron chi connectivity index (χ4n) is 1.65. The molecule has 21 heavy (non-hydrogen) atoms. The van der Waals surface area contributed by atoms with Crippen molar-refractivity contribution in [3.63, 3.8) is 0 Å². The Balaban J connectivity index is 2.48. The molecule has 112 valence electrons. The molecule has 0 heterocycles. The number of anilines is 2. The number of nitrogens with one attached hydrogen (secondary N) is 1. The fraction of sp³-hybridized carbons (Fsp3) is 0.0769. The molecule has 3 N–H and O–H groups in total. The molecule has 0 bridgehead atoms. The van der Waals surface area contributed by atoms with E-state index in [-0.39, 0.29) is 15.6 Å². The molecule has 0 radical (unpaired) electrons. The van der Waals surface area contributed by atoms with Gasteiger partial charge in [0.1, 0.15) is 10.7 Å². The number of aryl methyl sites for hydroxylation is 1. The minimum Gasteiger partial charge on any atom is -0.396 e. The highest BCUT2D eigenvalue weighted by Gasteiger charge is 2.21. The number of rotatable bonds is 3. The van der Waals surface area contributed by atoms with Crippen LogP contribution in [-0.2, 0) is 10.0 Å². The van der Waals surface area contributed by atoms with Gasteiger partial charge in [0.2, 0.25) is 0 Å². The largest absolute Gasteiger partial charge is 0.396 e. The van der Waals surface area contributed by atoms with Crippen LogP contribution in [0.4, 0.5) is 15.8 Å². The van der Waals surface area contributed by atoms with Gasteiger partial charge in [-0.1, -0.05) is 29.3 Å². The zero-order valence-corrected chi connectivity index (χ0v) is 13.2. The first-order valence-electron chi connectivity index (χ1n) is 5.74. The Morgan fingerprint density at radius 1 is 1.19 bits per heavy atom. The van der Waals surface area contributed by atoms with E-state index in [4.69, 9.17) is 28.9 Å². The average molecular weight is 349 g/mol. The molecule has 0 aliphatic rings. The van der Waals surface area contributed by atoms with Gasteiger partial charge in [0, 0.05) is 5.02 Å². The smallest absolute Gasteiger partial charge is 0.263 e. The van der Waals surface area contributed by atoms with E-state index < -0.39 is 15.8 Å². The highest BCUT2D eigenvalue weighted by atomic mass is 35.5. The van der Waals surface area contributed by atoms with Crippen LogP contribution < -0.4 is 10.5 Å². The standard InChI is InChI=1S/C13H11Cl2FN2O2S/c1-7-2-3-8(14)4-12(7)18-21(19,20)13-6-11(17)10(16)5-9(13)15/h2-6,18H,17H2,1H3. The van der Waals surface area contributed by atoms with E-state index in [1.807, 2.05) is 0 Å². The van der Waals surface area contributed by atoms with Gasteiger partial charge in [-0.2, -0.15) is 0 Å². The first-order chi connectivity index (χ1) is 9.70. The molecule has 0 aliphatic carbocycles. The molecule has 8 heteroatoms. The molecule has 0 aromatic heterocycles. The van der Waals surface area contributed by atoms with Crippen molar-refractivity contribution in [3.05, 3.63) is 51.8 Å². The minimum absolute atomic E-state index is 0.256. The predicted molar refractivity (Wildman–Crippen MR) is 82.8 cm³/mol. The van der Waals surface area contributed by atoms with E-state index >= 15 is 0 Å². The second kappa shape index (κ2) is 5.71. The fourth-order valence-corrected chi connectivity index (χ4v) is 3.50. The first kappa shape index (κ1) is 15.9. The number of sulfonamides is 1. The number of nitrogen functional groups attached to an aromatic ring is 1. The van der Waals surface area contributed by atoms with Crippen LogP contribution in [0.25, 0.3) is 0 Å². The van der Waals surface area contributed by atoms with Crippen molar-refractivity contribution >= 4 is 44.6 Å². The summed E-state index contributed by atoms with van der Waals surface area (Å²) >= 11 is 11.6. The number of hydrogen-bond donors (Lipinski definition) is 2. The van der Waals surface area contributed by atoms with Crippen LogP contribution in [0.2, 0.25) is 10.0 Å². The second-order valence-electron chi connectivity index (χ2n) is 4.37. The van der Waals surface area contributed by atoms with Crippen molar-refractivity contribution in [3.8, 4) is 0 Å². The van der Waals surface area contributed by atoms with Crippen LogP contribution in [0.15, 0.2) is 35.2 Å². The summed E-state index contributed by atoms with van der Waals surface area (Å²) in [6.07, 6.45) is 0. The summed E-state index contributed by atoms with van der Waals surface area (Å²) in [6.45, 7) is 1.72. The molecule has 0 spiro atoms. The molecule has 2 aromatic rings. The molecule has 0 aliphatic heterocycles. The molecule has 2 aromatic carbocycles. The zero-order chi connectivity index (χ0) is 15.8. The molecule has 2 rings (SSSR count). The third kappa shape index (κ3) is 3.40. The molecule has 0 unspecified atom stereocenters. The number of hydrogen-bond acceptors (Lipinski definition) is 3. The van der Waals surface area contributed by atoms with Gasteiger partial charge in [0.25, 0.3) is 10.0 Å². The van der Waals surface area contributed by atoms with E-state index in [2.05, 4.69) is 4.72 Å². The SMILES string of the molecule is Cc1ccc(Cl)cc1NS(=O)(=O)c1cc(N)c(F)cc1Cl. The van der Waals surface area contributed by atoms with Crippen LogP contribution in [0.5, 0.6) is 0 Å². The second-order valence-corrected chi connectivity index (χ2v) is 6.86. The van der Waals surface area contributed by atoms with E-state index in [0.717, 1.165) is 12.1 Å². The number of nitrogens with two attached hydrogens (primary N) is 1. The maximum atomic E-state index is 13.2. The van der Waals surface area contributed by atoms with Crippen molar-refractivity contribution in [1.82, 2.24) is 0 Å². The maximum Gasteiger partial charge on any atom is 0.263 e. The van der Waals surface area contributed by atoms with Crippen molar-refractivity contribution in [2.24, 2.45) is 0 Å². The minimum atomic E-state index is -4.01. The Kier molecular flexibility index (Phi) is 4.32. The van der Waals surface area contributed by atoms with Crippen molar-refractivity contribution in [2.45, 2.75) is 11.8 Å². The van der Waals surface area contributed by atoms with E-state index in [1.165, 1.54) is 6.07 Å². The van der Waals surface area contributed by atoms with E-state index in [9.17, 15) is 12.8 Å². The molecular formula is C13H11Cl2FN2O2S. The third-order valence-corrected chi connectivity index (χ3v) is 4.85. The highest BCUT2D eigenvalue weighted by molar-refractivity contribution is 7.92. The van der Waals surface area contributed by atoms with Crippen molar-refractivity contribution in [1.29, 1.82) is 0 Å². The van der Waals surface area contributed by atoms with Crippen LogP contribution >= 0.6 is 23.2 Å². The Bertz CT molecular complexity index is 810. The van der Waals surface area contributed by atoms with Gasteiger partial charge in [-0.3, -0.25) is 4.72 Å². The molecule has 0 atom stereocenters.